The number of rotatable bonds is 5. The van der Waals surface area contributed by atoms with Crippen molar-refractivity contribution < 1.29 is 8.94 Å². The van der Waals surface area contributed by atoms with E-state index in [2.05, 4.69) is 24.9 Å². The Labute approximate surface area is 139 Å². The monoisotopic (exact) mass is 325 g/mol. The van der Waals surface area contributed by atoms with E-state index in [1.807, 2.05) is 30.3 Å². The summed E-state index contributed by atoms with van der Waals surface area (Å²) in [5.74, 6) is 2.19. The lowest BCUT2D eigenvalue weighted by Crippen LogP contribution is -2.45. The molecule has 3 aromatic heterocycles. The first-order valence-electron chi connectivity index (χ1n) is 8.08. The number of aromatic nitrogens is 3. The Kier molecular flexibility index (Phi) is 4.35. The molecule has 0 aromatic carbocycles. The molecule has 24 heavy (non-hydrogen) atoms. The van der Waals surface area contributed by atoms with Gasteiger partial charge in [0.1, 0.15) is 11.5 Å². The molecule has 0 spiro atoms. The van der Waals surface area contributed by atoms with Crippen molar-refractivity contribution in [3.8, 4) is 11.5 Å². The number of hydrogen-bond acceptors (Lipinski definition) is 7. The smallest absolute Gasteiger partial charge is 0.241 e. The molecule has 0 bridgehead atoms. The van der Waals surface area contributed by atoms with Gasteiger partial charge in [0.15, 0.2) is 0 Å². The van der Waals surface area contributed by atoms with E-state index in [0.717, 1.165) is 44.2 Å². The van der Waals surface area contributed by atoms with Crippen LogP contribution in [0.2, 0.25) is 0 Å². The van der Waals surface area contributed by atoms with Gasteiger partial charge in [0.2, 0.25) is 11.7 Å². The SMILES string of the molecule is c1ccc(-c2noc(CN3CCN(Cc4ccco4)CC3)n2)nc1. The Morgan fingerprint density at radius 2 is 1.79 bits per heavy atom. The molecule has 0 amide bonds. The van der Waals surface area contributed by atoms with E-state index in [0.29, 0.717) is 18.3 Å². The van der Waals surface area contributed by atoms with Gasteiger partial charge in [-0.1, -0.05) is 11.2 Å². The molecule has 1 saturated heterocycles. The second-order valence-corrected chi connectivity index (χ2v) is 5.86. The van der Waals surface area contributed by atoms with E-state index in [1.165, 1.54) is 0 Å². The van der Waals surface area contributed by atoms with Crippen molar-refractivity contribution in [2.45, 2.75) is 13.1 Å². The summed E-state index contributed by atoms with van der Waals surface area (Å²) in [5, 5.41) is 4.02. The molecule has 4 rings (SSSR count). The van der Waals surface area contributed by atoms with Gasteiger partial charge in [-0.25, -0.2) is 0 Å². The number of furan rings is 1. The Balaban J connectivity index is 1.30. The van der Waals surface area contributed by atoms with Gasteiger partial charge in [0.05, 0.1) is 19.4 Å². The van der Waals surface area contributed by atoms with Crippen molar-refractivity contribution in [1.82, 2.24) is 24.9 Å². The maximum atomic E-state index is 5.41. The molecule has 1 aliphatic rings. The summed E-state index contributed by atoms with van der Waals surface area (Å²) in [7, 11) is 0. The van der Waals surface area contributed by atoms with Gasteiger partial charge in [0, 0.05) is 32.4 Å². The average molecular weight is 325 g/mol. The van der Waals surface area contributed by atoms with Crippen molar-refractivity contribution in [1.29, 1.82) is 0 Å². The van der Waals surface area contributed by atoms with Gasteiger partial charge < -0.3 is 8.94 Å². The van der Waals surface area contributed by atoms with Crippen LogP contribution in [0.4, 0.5) is 0 Å². The van der Waals surface area contributed by atoms with Crippen molar-refractivity contribution >= 4 is 0 Å². The normalized spacial score (nSPS) is 16.5. The topological polar surface area (TPSA) is 71.4 Å². The first kappa shape index (κ1) is 15.0. The maximum absolute atomic E-state index is 5.41. The second-order valence-electron chi connectivity index (χ2n) is 5.86. The third-order valence-electron chi connectivity index (χ3n) is 4.15. The predicted molar refractivity (Wildman–Crippen MR) is 86.8 cm³/mol. The van der Waals surface area contributed by atoms with Crippen LogP contribution in [-0.4, -0.2) is 51.1 Å². The lowest BCUT2D eigenvalue weighted by Gasteiger charge is -2.33. The molecule has 0 unspecified atom stereocenters. The van der Waals surface area contributed by atoms with Gasteiger partial charge >= 0.3 is 0 Å². The van der Waals surface area contributed by atoms with E-state index in [9.17, 15) is 0 Å². The number of piperazine rings is 1. The molecule has 0 aliphatic carbocycles. The van der Waals surface area contributed by atoms with Crippen molar-refractivity contribution in [3.63, 3.8) is 0 Å². The number of nitrogens with zero attached hydrogens (tertiary/aromatic N) is 5. The molecule has 1 fully saturated rings. The van der Waals surface area contributed by atoms with Crippen molar-refractivity contribution in [2.75, 3.05) is 26.2 Å². The van der Waals surface area contributed by atoms with Crippen molar-refractivity contribution in [2.24, 2.45) is 0 Å². The minimum Gasteiger partial charge on any atom is -0.468 e. The fourth-order valence-corrected chi connectivity index (χ4v) is 2.84. The summed E-state index contributed by atoms with van der Waals surface area (Å²) in [6.07, 6.45) is 3.45. The van der Waals surface area contributed by atoms with Crippen LogP contribution in [0.1, 0.15) is 11.7 Å². The Morgan fingerprint density at radius 3 is 2.50 bits per heavy atom. The molecule has 124 valence electrons. The molecule has 0 N–H and O–H groups in total. The van der Waals surface area contributed by atoms with Crippen LogP contribution < -0.4 is 0 Å². The fraction of sp³-hybridized carbons (Fsp3) is 0.353. The highest BCUT2D eigenvalue weighted by Gasteiger charge is 2.20. The fourth-order valence-electron chi connectivity index (χ4n) is 2.84. The summed E-state index contributed by atoms with van der Waals surface area (Å²) in [6.45, 7) is 5.49. The minimum atomic E-state index is 0.544. The molecule has 0 atom stereocenters. The zero-order chi connectivity index (χ0) is 16.2. The average Bonchev–Trinajstić information content (AvgIpc) is 3.29. The van der Waals surface area contributed by atoms with Crippen LogP contribution in [0.25, 0.3) is 11.5 Å². The third-order valence-corrected chi connectivity index (χ3v) is 4.15. The Morgan fingerprint density at radius 1 is 0.958 bits per heavy atom. The van der Waals surface area contributed by atoms with E-state index in [-0.39, 0.29) is 0 Å². The Bertz CT molecular complexity index is 748. The molecular formula is C17H19N5O2. The zero-order valence-corrected chi connectivity index (χ0v) is 13.3. The summed E-state index contributed by atoms with van der Waals surface area (Å²) in [5.41, 5.74) is 0.732. The lowest BCUT2D eigenvalue weighted by molar-refractivity contribution is 0.107. The summed E-state index contributed by atoms with van der Waals surface area (Å²) < 4.78 is 10.8. The largest absolute Gasteiger partial charge is 0.468 e. The van der Waals surface area contributed by atoms with Crippen LogP contribution in [0, 0.1) is 0 Å². The van der Waals surface area contributed by atoms with E-state index in [4.69, 9.17) is 8.94 Å². The van der Waals surface area contributed by atoms with Gasteiger partial charge in [-0.05, 0) is 24.3 Å². The number of hydrogen-bond donors (Lipinski definition) is 0. The highest BCUT2D eigenvalue weighted by Crippen LogP contribution is 2.14. The highest BCUT2D eigenvalue weighted by atomic mass is 16.5. The van der Waals surface area contributed by atoms with Crippen LogP contribution in [0.5, 0.6) is 0 Å². The third kappa shape index (κ3) is 3.52. The predicted octanol–water partition coefficient (Wildman–Crippen LogP) is 2.04. The molecule has 4 heterocycles. The lowest BCUT2D eigenvalue weighted by atomic mass is 10.3. The molecule has 7 heteroatoms. The Hall–Kier alpha value is -2.51. The maximum Gasteiger partial charge on any atom is 0.241 e. The molecule has 1 aliphatic heterocycles. The summed E-state index contributed by atoms with van der Waals surface area (Å²) >= 11 is 0. The van der Waals surface area contributed by atoms with E-state index >= 15 is 0 Å². The summed E-state index contributed by atoms with van der Waals surface area (Å²) in [6, 6.07) is 9.61. The standard InChI is InChI=1S/C17H19N5O2/c1-2-6-18-15(5-1)17-19-16(24-20-17)13-22-9-7-21(8-10-22)12-14-4-3-11-23-14/h1-6,11H,7-10,12-13H2. The molecule has 3 aromatic rings. The van der Waals surface area contributed by atoms with Gasteiger partial charge in [0.25, 0.3) is 0 Å². The van der Waals surface area contributed by atoms with Gasteiger partial charge in [-0.2, -0.15) is 4.98 Å². The van der Waals surface area contributed by atoms with Crippen LogP contribution in [0.3, 0.4) is 0 Å². The molecular weight excluding hydrogens is 306 g/mol. The van der Waals surface area contributed by atoms with Crippen LogP contribution in [-0.2, 0) is 13.1 Å². The second kappa shape index (κ2) is 6.94. The zero-order valence-electron chi connectivity index (χ0n) is 13.3. The van der Waals surface area contributed by atoms with Gasteiger partial charge in [-0.15, -0.1) is 0 Å². The minimum absolute atomic E-state index is 0.544. The van der Waals surface area contributed by atoms with Gasteiger partial charge in [-0.3, -0.25) is 14.8 Å². The van der Waals surface area contributed by atoms with Crippen LogP contribution >= 0.6 is 0 Å². The van der Waals surface area contributed by atoms with E-state index < -0.39 is 0 Å². The van der Waals surface area contributed by atoms with E-state index in [1.54, 1.807) is 12.5 Å². The first-order valence-corrected chi connectivity index (χ1v) is 8.08. The van der Waals surface area contributed by atoms with Crippen molar-refractivity contribution in [3.05, 3.63) is 54.4 Å². The molecule has 7 nitrogen and oxygen atoms in total. The van der Waals surface area contributed by atoms with Crippen LogP contribution in [0.15, 0.2) is 51.7 Å². The molecule has 0 saturated carbocycles. The number of pyridine rings is 1. The first-order chi connectivity index (χ1) is 11.9. The highest BCUT2D eigenvalue weighted by molar-refractivity contribution is 5.46. The molecule has 0 radical (unpaired) electrons. The quantitative estimate of drug-likeness (QED) is 0.711. The summed E-state index contributed by atoms with van der Waals surface area (Å²) in [4.78, 5) is 13.4.